The number of aromatic amines is 1. The number of aromatic hydroxyl groups is 1. The average molecular weight is 456 g/mol. The van der Waals surface area contributed by atoms with Crippen molar-refractivity contribution in [1.82, 2.24) is 9.97 Å². The van der Waals surface area contributed by atoms with E-state index >= 15 is 0 Å². The molecule has 0 atom stereocenters. The van der Waals surface area contributed by atoms with Gasteiger partial charge in [-0.05, 0) is 39.7 Å². The Bertz CT molecular complexity index is 1000. The van der Waals surface area contributed by atoms with Crippen molar-refractivity contribution in [2.24, 2.45) is 0 Å². The van der Waals surface area contributed by atoms with Crippen LogP contribution in [0.1, 0.15) is 11.4 Å². The minimum atomic E-state index is -1.08. The lowest BCUT2D eigenvalue weighted by atomic mass is 10.2. The number of esters is 1. The molecule has 0 bridgehead atoms. The number of hydrogen-bond acceptors (Lipinski definition) is 9. The molecule has 0 saturated carbocycles. The molecule has 0 aliphatic heterocycles. The van der Waals surface area contributed by atoms with Crippen LogP contribution in [0.15, 0.2) is 21.4 Å². The average Bonchev–Trinajstić information content (AvgIpc) is 2.63. The Morgan fingerprint density at radius 2 is 2.11 bits per heavy atom. The monoisotopic (exact) mass is 455 g/mol. The maximum Gasteiger partial charge on any atom is 0.395 e. The highest BCUT2D eigenvalue weighted by Crippen LogP contribution is 2.37. The number of rotatable bonds is 7. The van der Waals surface area contributed by atoms with Crippen LogP contribution in [0, 0.1) is 10.1 Å². The van der Waals surface area contributed by atoms with Crippen molar-refractivity contribution in [3.8, 4) is 17.4 Å². The second kappa shape index (κ2) is 8.99. The van der Waals surface area contributed by atoms with Gasteiger partial charge in [0.05, 0.1) is 23.6 Å². The van der Waals surface area contributed by atoms with Gasteiger partial charge in [0.25, 0.3) is 5.88 Å². The summed E-state index contributed by atoms with van der Waals surface area (Å²) >= 11 is 3.31. The summed E-state index contributed by atoms with van der Waals surface area (Å²) in [5.74, 6) is -1.05. The second-order valence-electron chi connectivity index (χ2n) is 5.11. The van der Waals surface area contributed by atoms with E-state index in [1.165, 1.54) is 26.4 Å². The zero-order valence-corrected chi connectivity index (χ0v) is 16.2. The van der Waals surface area contributed by atoms with Crippen LogP contribution in [0.3, 0.4) is 0 Å². The molecule has 1 aromatic heterocycles. The molecule has 0 fully saturated rings. The lowest BCUT2D eigenvalue weighted by molar-refractivity contribution is -0.387. The molecule has 0 aliphatic rings. The first-order valence-corrected chi connectivity index (χ1v) is 8.29. The van der Waals surface area contributed by atoms with Gasteiger partial charge in [0.2, 0.25) is 0 Å². The number of methoxy groups -OCH3 is 2. The number of ether oxygens (including phenoxy) is 3. The number of halogens is 1. The molecular formula is C16H14BrN3O8. The van der Waals surface area contributed by atoms with E-state index in [4.69, 9.17) is 9.47 Å². The highest BCUT2D eigenvalue weighted by Gasteiger charge is 2.21. The van der Waals surface area contributed by atoms with Crippen LogP contribution in [0.2, 0.25) is 0 Å². The quantitative estimate of drug-likeness (QED) is 0.361. The van der Waals surface area contributed by atoms with Crippen LogP contribution >= 0.6 is 15.9 Å². The summed E-state index contributed by atoms with van der Waals surface area (Å²) in [6, 6.07) is 3.21. The Kier molecular flexibility index (Phi) is 6.71. The fourth-order valence-corrected chi connectivity index (χ4v) is 2.63. The van der Waals surface area contributed by atoms with Crippen LogP contribution < -0.4 is 15.0 Å². The van der Waals surface area contributed by atoms with Gasteiger partial charge in [0.1, 0.15) is 5.82 Å². The number of hydrogen-bond donors (Lipinski definition) is 2. The summed E-state index contributed by atoms with van der Waals surface area (Å²) in [6.07, 6.45) is 2.85. The molecule has 12 heteroatoms. The van der Waals surface area contributed by atoms with Gasteiger partial charge in [0, 0.05) is 0 Å². The molecule has 2 N–H and O–H groups in total. The van der Waals surface area contributed by atoms with E-state index in [-0.39, 0.29) is 18.2 Å². The SMILES string of the molecule is COC(=O)COc1c(Br)cc(/C=C/c2nc(O)c([N+](=O)[O-])c(=O)[nH]2)cc1OC. The number of H-pyrrole nitrogens is 1. The number of nitrogens with one attached hydrogen (secondary N) is 1. The van der Waals surface area contributed by atoms with Crippen molar-refractivity contribution in [2.45, 2.75) is 0 Å². The molecule has 0 saturated heterocycles. The zero-order valence-electron chi connectivity index (χ0n) is 14.6. The van der Waals surface area contributed by atoms with Gasteiger partial charge in [-0.25, -0.2) is 4.79 Å². The molecule has 0 radical (unpaired) electrons. The van der Waals surface area contributed by atoms with Gasteiger partial charge >= 0.3 is 17.2 Å². The van der Waals surface area contributed by atoms with Crippen molar-refractivity contribution >= 4 is 39.7 Å². The highest BCUT2D eigenvalue weighted by molar-refractivity contribution is 9.10. The van der Waals surface area contributed by atoms with E-state index < -0.39 is 28.0 Å². The molecule has 2 aromatic rings. The van der Waals surface area contributed by atoms with E-state index in [0.717, 1.165) is 0 Å². The van der Waals surface area contributed by atoms with Gasteiger partial charge in [-0.1, -0.05) is 6.08 Å². The Morgan fingerprint density at radius 1 is 1.39 bits per heavy atom. The van der Waals surface area contributed by atoms with E-state index in [9.17, 15) is 24.8 Å². The first-order chi connectivity index (χ1) is 13.3. The van der Waals surface area contributed by atoms with Gasteiger partial charge in [-0.2, -0.15) is 4.98 Å². The van der Waals surface area contributed by atoms with Gasteiger partial charge < -0.3 is 24.3 Å². The summed E-state index contributed by atoms with van der Waals surface area (Å²) < 4.78 is 15.6. The van der Waals surface area contributed by atoms with E-state index in [0.29, 0.717) is 15.8 Å². The van der Waals surface area contributed by atoms with Gasteiger partial charge in [-0.15, -0.1) is 0 Å². The molecule has 0 spiro atoms. The molecule has 1 aromatic carbocycles. The second-order valence-corrected chi connectivity index (χ2v) is 5.97. The predicted molar refractivity (Wildman–Crippen MR) is 100 cm³/mol. The normalized spacial score (nSPS) is 10.7. The molecule has 28 heavy (non-hydrogen) atoms. The fraction of sp³-hybridized carbons (Fsp3) is 0.188. The van der Waals surface area contributed by atoms with Crippen LogP contribution in [0.25, 0.3) is 12.2 Å². The number of nitro groups is 1. The van der Waals surface area contributed by atoms with Gasteiger partial charge in [0.15, 0.2) is 18.1 Å². The third-order valence-corrected chi connectivity index (χ3v) is 3.91. The van der Waals surface area contributed by atoms with E-state index in [1.807, 2.05) is 0 Å². The number of nitrogens with zero attached hydrogens (tertiary/aromatic N) is 2. The van der Waals surface area contributed by atoms with Crippen molar-refractivity contribution in [3.63, 3.8) is 0 Å². The standard InChI is InChI=1S/C16H14BrN3O8/c1-26-10-6-8(5-9(17)14(10)28-7-12(21)27-2)3-4-11-18-15(22)13(20(24)25)16(23)19-11/h3-6H,7H2,1-2H3,(H2,18,19,22,23)/b4-3+. The molecule has 0 amide bonds. The topological polar surface area (TPSA) is 154 Å². The Morgan fingerprint density at radius 3 is 2.68 bits per heavy atom. The largest absolute Gasteiger partial charge is 0.493 e. The van der Waals surface area contributed by atoms with Crippen LogP contribution in [0.5, 0.6) is 17.4 Å². The number of carbonyl (C=O) groups excluding carboxylic acids is 1. The molecule has 11 nitrogen and oxygen atoms in total. The summed E-state index contributed by atoms with van der Waals surface area (Å²) in [6.45, 7) is -0.312. The Labute approximate surface area is 165 Å². The van der Waals surface area contributed by atoms with Crippen LogP contribution in [-0.4, -0.2) is 46.8 Å². The fourth-order valence-electron chi connectivity index (χ4n) is 2.06. The lowest BCUT2D eigenvalue weighted by Crippen LogP contribution is -2.14. The molecule has 1 heterocycles. The lowest BCUT2D eigenvalue weighted by Gasteiger charge is -2.12. The minimum absolute atomic E-state index is 0.0887. The summed E-state index contributed by atoms with van der Waals surface area (Å²) in [5, 5.41) is 20.2. The summed E-state index contributed by atoms with van der Waals surface area (Å²) in [5.41, 5.74) is -1.54. The number of carbonyl (C=O) groups is 1. The summed E-state index contributed by atoms with van der Waals surface area (Å²) in [4.78, 5) is 38.3. The highest BCUT2D eigenvalue weighted by atomic mass is 79.9. The minimum Gasteiger partial charge on any atom is -0.493 e. The molecular weight excluding hydrogens is 442 g/mol. The third-order valence-electron chi connectivity index (χ3n) is 3.32. The third kappa shape index (κ3) is 4.85. The maximum absolute atomic E-state index is 11.7. The maximum atomic E-state index is 11.7. The van der Waals surface area contributed by atoms with Crippen LogP contribution in [-0.2, 0) is 9.53 Å². The van der Waals surface area contributed by atoms with Crippen LogP contribution in [0.4, 0.5) is 5.69 Å². The van der Waals surface area contributed by atoms with Crippen molar-refractivity contribution in [2.75, 3.05) is 20.8 Å². The first kappa shape index (κ1) is 20.9. The van der Waals surface area contributed by atoms with E-state index in [1.54, 1.807) is 12.1 Å². The van der Waals surface area contributed by atoms with Crippen molar-refractivity contribution in [3.05, 3.63) is 48.5 Å². The van der Waals surface area contributed by atoms with Gasteiger partial charge in [-0.3, -0.25) is 14.9 Å². The molecule has 148 valence electrons. The van der Waals surface area contributed by atoms with Crippen molar-refractivity contribution < 1.29 is 29.0 Å². The van der Waals surface area contributed by atoms with Crippen molar-refractivity contribution in [1.29, 1.82) is 0 Å². The Balaban J connectivity index is 2.32. The molecule has 0 aliphatic carbocycles. The number of benzene rings is 1. The smallest absolute Gasteiger partial charge is 0.395 e. The first-order valence-electron chi connectivity index (χ1n) is 7.49. The van der Waals surface area contributed by atoms with E-state index in [2.05, 4.69) is 30.6 Å². The molecule has 0 unspecified atom stereocenters. The predicted octanol–water partition coefficient (Wildman–Crippen LogP) is 1.88. The zero-order chi connectivity index (χ0) is 20.8. The number of aromatic nitrogens is 2. The Hall–Kier alpha value is -3.41. The summed E-state index contributed by atoms with van der Waals surface area (Å²) in [7, 11) is 2.65. The molecule has 2 rings (SSSR count).